The van der Waals surface area contributed by atoms with Gasteiger partial charge in [-0.3, -0.25) is 4.79 Å². The van der Waals surface area contributed by atoms with Crippen LogP contribution in [0.15, 0.2) is 24.3 Å². The second kappa shape index (κ2) is 7.13. The molecule has 3 nitrogen and oxygen atoms in total. The average Bonchev–Trinajstić information content (AvgIpc) is 2.91. The largest absolute Gasteiger partial charge is 0.416 e. The summed E-state index contributed by atoms with van der Waals surface area (Å²) in [7, 11) is 1.55. The van der Waals surface area contributed by atoms with E-state index in [2.05, 4.69) is 5.32 Å². The van der Waals surface area contributed by atoms with Crippen LogP contribution in [0, 0.1) is 5.92 Å². The van der Waals surface area contributed by atoms with E-state index in [0.717, 1.165) is 19.0 Å². The SMILES string of the molecule is CN(Cc1ccccc1C(F)(F)F)C(=O)C1CCNC1.Cl. The Morgan fingerprint density at radius 3 is 2.62 bits per heavy atom. The maximum atomic E-state index is 12.9. The van der Waals surface area contributed by atoms with Gasteiger partial charge in [-0.25, -0.2) is 0 Å². The van der Waals surface area contributed by atoms with E-state index in [0.29, 0.717) is 6.54 Å². The minimum atomic E-state index is -4.39. The molecule has 1 aliphatic heterocycles. The zero-order chi connectivity index (χ0) is 14.8. The zero-order valence-corrected chi connectivity index (χ0v) is 12.4. The first-order chi connectivity index (χ1) is 9.39. The Hall–Kier alpha value is -1.27. The van der Waals surface area contributed by atoms with E-state index in [1.807, 2.05) is 0 Å². The van der Waals surface area contributed by atoms with Crippen molar-refractivity contribution in [3.05, 3.63) is 35.4 Å². The van der Waals surface area contributed by atoms with Gasteiger partial charge in [0.15, 0.2) is 0 Å². The molecule has 0 aliphatic carbocycles. The first kappa shape index (κ1) is 17.8. The molecular formula is C14H18ClF3N2O. The van der Waals surface area contributed by atoms with Gasteiger partial charge < -0.3 is 10.2 Å². The molecule has 1 heterocycles. The molecule has 118 valence electrons. The van der Waals surface area contributed by atoms with Gasteiger partial charge in [0, 0.05) is 20.1 Å². The van der Waals surface area contributed by atoms with Crippen molar-refractivity contribution in [2.75, 3.05) is 20.1 Å². The monoisotopic (exact) mass is 322 g/mol. The molecular weight excluding hydrogens is 305 g/mol. The molecule has 0 spiro atoms. The molecule has 0 aromatic heterocycles. The van der Waals surface area contributed by atoms with Gasteiger partial charge >= 0.3 is 6.18 Å². The smallest absolute Gasteiger partial charge is 0.341 e. The number of nitrogens with zero attached hydrogens (tertiary/aromatic N) is 1. The number of amides is 1. The molecule has 1 aromatic rings. The molecule has 2 rings (SSSR count). The predicted molar refractivity (Wildman–Crippen MR) is 76.1 cm³/mol. The van der Waals surface area contributed by atoms with E-state index < -0.39 is 11.7 Å². The van der Waals surface area contributed by atoms with Gasteiger partial charge in [0.25, 0.3) is 0 Å². The minimum absolute atomic E-state index is 0. The van der Waals surface area contributed by atoms with Gasteiger partial charge in [-0.1, -0.05) is 18.2 Å². The molecule has 1 aliphatic rings. The summed E-state index contributed by atoms with van der Waals surface area (Å²) in [5, 5.41) is 3.08. The van der Waals surface area contributed by atoms with E-state index in [4.69, 9.17) is 0 Å². The van der Waals surface area contributed by atoms with Crippen LogP contribution in [0.1, 0.15) is 17.5 Å². The Labute approximate surface area is 127 Å². The molecule has 1 atom stereocenters. The minimum Gasteiger partial charge on any atom is -0.341 e. The number of alkyl halides is 3. The van der Waals surface area contributed by atoms with Crippen molar-refractivity contribution in [1.82, 2.24) is 10.2 Å². The number of rotatable bonds is 3. The van der Waals surface area contributed by atoms with Crippen LogP contribution in [-0.2, 0) is 17.5 Å². The van der Waals surface area contributed by atoms with Crippen LogP contribution in [0.25, 0.3) is 0 Å². The van der Waals surface area contributed by atoms with Crippen molar-refractivity contribution in [2.45, 2.75) is 19.1 Å². The van der Waals surface area contributed by atoms with E-state index in [1.54, 1.807) is 13.1 Å². The second-order valence-electron chi connectivity index (χ2n) is 5.04. The van der Waals surface area contributed by atoms with Crippen molar-refractivity contribution < 1.29 is 18.0 Å². The molecule has 1 N–H and O–H groups in total. The van der Waals surface area contributed by atoms with E-state index >= 15 is 0 Å². The van der Waals surface area contributed by atoms with Crippen LogP contribution < -0.4 is 5.32 Å². The number of hydrogen-bond acceptors (Lipinski definition) is 2. The molecule has 1 saturated heterocycles. The Kier molecular flexibility index (Phi) is 6.04. The molecule has 0 radical (unpaired) electrons. The highest BCUT2D eigenvalue weighted by molar-refractivity contribution is 5.85. The summed E-state index contributed by atoms with van der Waals surface area (Å²) < 4.78 is 38.7. The van der Waals surface area contributed by atoms with E-state index in [-0.39, 0.29) is 36.3 Å². The molecule has 1 amide bonds. The third-order valence-electron chi connectivity index (χ3n) is 3.52. The Bertz CT molecular complexity index is 487. The Morgan fingerprint density at radius 1 is 1.38 bits per heavy atom. The number of benzene rings is 1. The predicted octanol–water partition coefficient (Wildman–Crippen LogP) is 2.70. The molecule has 0 bridgehead atoms. The van der Waals surface area contributed by atoms with Gasteiger partial charge in [-0.15, -0.1) is 12.4 Å². The summed E-state index contributed by atoms with van der Waals surface area (Å²) in [5.74, 6) is -0.231. The van der Waals surface area contributed by atoms with Crippen molar-refractivity contribution in [3.63, 3.8) is 0 Å². The molecule has 1 aromatic carbocycles. The van der Waals surface area contributed by atoms with Crippen molar-refractivity contribution in [1.29, 1.82) is 0 Å². The van der Waals surface area contributed by atoms with Crippen molar-refractivity contribution in [2.24, 2.45) is 5.92 Å². The normalized spacial score (nSPS) is 18.2. The average molecular weight is 323 g/mol. The molecule has 21 heavy (non-hydrogen) atoms. The summed E-state index contributed by atoms with van der Waals surface area (Å²) in [6, 6.07) is 5.37. The van der Waals surface area contributed by atoms with Crippen LogP contribution in [0.5, 0.6) is 0 Å². The first-order valence-corrected chi connectivity index (χ1v) is 6.50. The van der Waals surface area contributed by atoms with Gasteiger partial charge in [-0.2, -0.15) is 13.2 Å². The fourth-order valence-electron chi connectivity index (χ4n) is 2.45. The fourth-order valence-corrected chi connectivity index (χ4v) is 2.45. The maximum absolute atomic E-state index is 12.9. The summed E-state index contributed by atoms with van der Waals surface area (Å²) in [6.45, 7) is 1.36. The summed E-state index contributed by atoms with van der Waals surface area (Å²) >= 11 is 0. The fraction of sp³-hybridized carbons (Fsp3) is 0.500. The lowest BCUT2D eigenvalue weighted by atomic mass is 10.0. The highest BCUT2D eigenvalue weighted by Gasteiger charge is 2.34. The summed E-state index contributed by atoms with van der Waals surface area (Å²) in [5.41, 5.74) is -0.550. The molecule has 0 saturated carbocycles. The van der Waals surface area contributed by atoms with Crippen molar-refractivity contribution >= 4 is 18.3 Å². The number of nitrogens with one attached hydrogen (secondary N) is 1. The van der Waals surface area contributed by atoms with Crippen LogP contribution >= 0.6 is 12.4 Å². The topological polar surface area (TPSA) is 32.3 Å². The standard InChI is InChI=1S/C14H17F3N2O.ClH/c1-19(13(20)10-6-7-18-8-10)9-11-4-2-3-5-12(11)14(15,16)17;/h2-5,10,18H,6-9H2,1H3;1H. The van der Waals surface area contributed by atoms with Gasteiger partial charge in [0.2, 0.25) is 5.91 Å². The lowest BCUT2D eigenvalue weighted by molar-refractivity contribution is -0.140. The zero-order valence-electron chi connectivity index (χ0n) is 11.6. The lowest BCUT2D eigenvalue weighted by Gasteiger charge is -2.22. The highest BCUT2D eigenvalue weighted by atomic mass is 35.5. The number of carbonyl (C=O) groups is 1. The maximum Gasteiger partial charge on any atom is 0.416 e. The number of hydrogen-bond donors (Lipinski definition) is 1. The molecule has 7 heteroatoms. The molecule has 1 fully saturated rings. The number of halogens is 4. The Balaban J connectivity index is 0.00000220. The van der Waals surface area contributed by atoms with Crippen LogP contribution in [0.2, 0.25) is 0 Å². The van der Waals surface area contributed by atoms with E-state index in [1.165, 1.54) is 17.0 Å². The Morgan fingerprint density at radius 2 is 2.05 bits per heavy atom. The van der Waals surface area contributed by atoms with Crippen LogP contribution in [0.3, 0.4) is 0 Å². The van der Waals surface area contributed by atoms with Gasteiger partial charge in [0.1, 0.15) is 0 Å². The van der Waals surface area contributed by atoms with Gasteiger partial charge in [-0.05, 0) is 24.6 Å². The first-order valence-electron chi connectivity index (χ1n) is 6.50. The van der Waals surface area contributed by atoms with Gasteiger partial charge in [0.05, 0.1) is 11.5 Å². The molecule has 1 unspecified atom stereocenters. The summed E-state index contributed by atoms with van der Waals surface area (Å²) in [4.78, 5) is 13.5. The summed E-state index contributed by atoms with van der Waals surface area (Å²) in [6.07, 6.45) is -3.65. The van der Waals surface area contributed by atoms with E-state index in [9.17, 15) is 18.0 Å². The second-order valence-corrected chi connectivity index (χ2v) is 5.04. The quantitative estimate of drug-likeness (QED) is 0.928. The number of carbonyl (C=O) groups excluding carboxylic acids is 1. The van der Waals surface area contributed by atoms with Crippen LogP contribution in [-0.4, -0.2) is 30.9 Å². The third kappa shape index (κ3) is 4.35. The van der Waals surface area contributed by atoms with Crippen LogP contribution in [0.4, 0.5) is 13.2 Å². The third-order valence-corrected chi connectivity index (χ3v) is 3.52. The van der Waals surface area contributed by atoms with Crippen molar-refractivity contribution in [3.8, 4) is 0 Å². The highest BCUT2D eigenvalue weighted by Crippen LogP contribution is 2.32. The lowest BCUT2D eigenvalue weighted by Crippen LogP contribution is -2.34.